The number of anilines is 2. The number of allylic oxidation sites excluding steroid dienone is 1. The molecule has 0 saturated carbocycles. The van der Waals surface area contributed by atoms with Crippen molar-refractivity contribution in [2.75, 3.05) is 11.5 Å². The van der Waals surface area contributed by atoms with Crippen LogP contribution in [0.5, 0.6) is 0 Å². The summed E-state index contributed by atoms with van der Waals surface area (Å²) in [5.74, 6) is 0.446. The van der Waals surface area contributed by atoms with Gasteiger partial charge < -0.3 is 16.9 Å². The number of benzene rings is 1. The van der Waals surface area contributed by atoms with Crippen LogP contribution < -0.4 is 11.5 Å². The molecule has 0 amide bonds. The molecule has 0 saturated heterocycles. The minimum Gasteiger partial charge on any atom is -0.399 e. The summed E-state index contributed by atoms with van der Waals surface area (Å²) in [6.07, 6.45) is 2.81. The van der Waals surface area contributed by atoms with E-state index in [-0.39, 0.29) is 0 Å². The lowest BCUT2D eigenvalue weighted by Gasteiger charge is -2.08. The van der Waals surface area contributed by atoms with E-state index < -0.39 is 0 Å². The van der Waals surface area contributed by atoms with E-state index >= 15 is 0 Å². The highest BCUT2D eigenvalue weighted by Crippen LogP contribution is 2.27. The minimum absolute atomic E-state index is 0.446. The van der Waals surface area contributed by atoms with Gasteiger partial charge in [0.05, 0.1) is 0 Å². The molecule has 0 aliphatic carbocycles. The van der Waals surface area contributed by atoms with Crippen molar-refractivity contribution in [3.8, 4) is 11.1 Å². The number of nitrogen functional groups attached to an aromatic ring is 2. The molecule has 4 heteroatoms. The van der Waals surface area contributed by atoms with Gasteiger partial charge in [0.15, 0.2) is 0 Å². The number of pyridine rings is 1. The summed E-state index contributed by atoms with van der Waals surface area (Å²) in [7, 11) is 0. The molecule has 90 valence electrons. The second-order valence-corrected chi connectivity index (χ2v) is 3.95. The zero-order valence-electron chi connectivity index (χ0n) is 9.85. The van der Waals surface area contributed by atoms with Crippen molar-refractivity contribution >= 4 is 23.3 Å². The molecular formula is C14H14N4. The van der Waals surface area contributed by atoms with Crippen LogP contribution in [0.25, 0.3) is 16.7 Å². The first-order valence-corrected chi connectivity index (χ1v) is 5.43. The fourth-order valence-electron chi connectivity index (χ4n) is 1.63. The third-order valence-electron chi connectivity index (χ3n) is 2.69. The average Bonchev–Trinajstić information content (AvgIpc) is 2.39. The number of nitrogens with two attached hydrogens (primary N) is 2. The normalized spacial score (nSPS) is 10.0. The quantitative estimate of drug-likeness (QED) is 0.567. The molecule has 2 aromatic rings. The van der Waals surface area contributed by atoms with Crippen LogP contribution in [0.1, 0.15) is 5.56 Å². The van der Waals surface area contributed by atoms with E-state index in [0.29, 0.717) is 17.1 Å². The van der Waals surface area contributed by atoms with E-state index in [1.54, 1.807) is 6.20 Å². The molecule has 0 aliphatic rings. The monoisotopic (exact) mass is 238 g/mol. The molecule has 0 radical (unpaired) electrons. The lowest BCUT2D eigenvalue weighted by atomic mass is 10.0. The van der Waals surface area contributed by atoms with Gasteiger partial charge in [0.25, 0.3) is 0 Å². The number of rotatable bonds is 3. The number of hydrogen-bond donors (Lipinski definition) is 3. The largest absolute Gasteiger partial charge is 0.399 e. The molecule has 5 N–H and O–H groups in total. The molecule has 0 aliphatic heterocycles. The third kappa shape index (κ3) is 2.22. The molecule has 2 rings (SSSR count). The topological polar surface area (TPSA) is 88.8 Å². The average molecular weight is 238 g/mol. The zero-order chi connectivity index (χ0) is 13.1. The van der Waals surface area contributed by atoms with Crippen molar-refractivity contribution in [2.24, 2.45) is 0 Å². The van der Waals surface area contributed by atoms with Crippen molar-refractivity contribution in [1.82, 2.24) is 4.98 Å². The molecule has 0 spiro atoms. The summed E-state index contributed by atoms with van der Waals surface area (Å²) in [4.78, 5) is 4.13. The Morgan fingerprint density at radius 3 is 2.50 bits per heavy atom. The van der Waals surface area contributed by atoms with Crippen LogP contribution in [0.4, 0.5) is 11.5 Å². The Hall–Kier alpha value is -2.62. The van der Waals surface area contributed by atoms with Gasteiger partial charge in [-0.15, -0.1) is 0 Å². The van der Waals surface area contributed by atoms with Gasteiger partial charge in [0, 0.05) is 29.2 Å². The maximum absolute atomic E-state index is 7.20. The van der Waals surface area contributed by atoms with E-state index in [0.717, 1.165) is 16.7 Å². The van der Waals surface area contributed by atoms with E-state index in [1.165, 1.54) is 6.21 Å². The van der Waals surface area contributed by atoms with E-state index in [1.807, 2.05) is 30.3 Å². The van der Waals surface area contributed by atoms with Gasteiger partial charge in [-0.05, 0) is 29.3 Å². The predicted molar refractivity (Wildman–Crippen MR) is 76.3 cm³/mol. The third-order valence-corrected chi connectivity index (χ3v) is 2.69. The molecule has 1 aromatic heterocycles. The first-order chi connectivity index (χ1) is 8.61. The highest BCUT2D eigenvalue weighted by Gasteiger charge is 2.06. The number of aromatic nitrogens is 1. The Morgan fingerprint density at radius 1 is 1.22 bits per heavy atom. The zero-order valence-corrected chi connectivity index (χ0v) is 9.85. The number of nitrogens with zero attached hydrogens (tertiary/aromatic N) is 1. The number of nitrogens with one attached hydrogen (secondary N) is 1. The van der Waals surface area contributed by atoms with Crippen LogP contribution >= 0.6 is 0 Å². The summed E-state index contributed by atoms with van der Waals surface area (Å²) in [6.45, 7) is 3.78. The summed E-state index contributed by atoms with van der Waals surface area (Å²) in [5, 5.41) is 7.20. The van der Waals surface area contributed by atoms with E-state index in [4.69, 9.17) is 16.9 Å². The lowest BCUT2D eigenvalue weighted by molar-refractivity contribution is 1.32. The first-order valence-electron chi connectivity index (χ1n) is 5.43. The number of hydrogen-bond acceptors (Lipinski definition) is 4. The van der Waals surface area contributed by atoms with Crippen LogP contribution in [0.2, 0.25) is 0 Å². The van der Waals surface area contributed by atoms with Crippen molar-refractivity contribution in [2.45, 2.75) is 0 Å². The van der Waals surface area contributed by atoms with Crippen LogP contribution in [0.3, 0.4) is 0 Å². The Balaban J connectivity index is 2.52. The summed E-state index contributed by atoms with van der Waals surface area (Å²) in [6, 6.07) is 9.28. The van der Waals surface area contributed by atoms with Gasteiger partial charge in [-0.3, -0.25) is 0 Å². The molecule has 1 aromatic carbocycles. The second-order valence-electron chi connectivity index (χ2n) is 3.95. The molecular weight excluding hydrogens is 224 g/mol. The molecule has 0 unspecified atom stereocenters. The molecule has 1 heterocycles. The van der Waals surface area contributed by atoms with E-state index in [9.17, 15) is 0 Å². The van der Waals surface area contributed by atoms with Gasteiger partial charge in [0.2, 0.25) is 0 Å². The van der Waals surface area contributed by atoms with Crippen LogP contribution in [0, 0.1) is 5.41 Å². The SMILES string of the molecule is C=C(C=N)c1cnc(N)c(-c2ccc(N)cc2)c1. The Kier molecular flexibility index (Phi) is 3.10. The fraction of sp³-hybridized carbons (Fsp3) is 0. The molecule has 0 atom stereocenters. The highest BCUT2D eigenvalue weighted by molar-refractivity contribution is 6.07. The maximum Gasteiger partial charge on any atom is 0.131 e. The van der Waals surface area contributed by atoms with Gasteiger partial charge in [-0.2, -0.15) is 0 Å². The first kappa shape index (κ1) is 11.9. The Bertz CT molecular complexity index is 600. The standard InChI is InChI=1S/C14H14N4/c1-9(7-15)11-6-13(14(17)18-8-11)10-2-4-12(16)5-3-10/h2-8,15H,1,16H2,(H2,17,18). The summed E-state index contributed by atoms with van der Waals surface area (Å²) < 4.78 is 0. The Morgan fingerprint density at radius 2 is 1.89 bits per heavy atom. The molecule has 18 heavy (non-hydrogen) atoms. The van der Waals surface area contributed by atoms with Crippen LogP contribution in [0.15, 0.2) is 43.1 Å². The van der Waals surface area contributed by atoms with Crippen molar-refractivity contribution in [1.29, 1.82) is 5.41 Å². The molecule has 4 nitrogen and oxygen atoms in total. The van der Waals surface area contributed by atoms with Crippen molar-refractivity contribution < 1.29 is 0 Å². The maximum atomic E-state index is 7.20. The van der Waals surface area contributed by atoms with Crippen molar-refractivity contribution in [3.05, 3.63) is 48.7 Å². The van der Waals surface area contributed by atoms with Crippen molar-refractivity contribution in [3.63, 3.8) is 0 Å². The van der Waals surface area contributed by atoms with Crippen LogP contribution in [-0.4, -0.2) is 11.2 Å². The van der Waals surface area contributed by atoms with Crippen LogP contribution in [-0.2, 0) is 0 Å². The highest BCUT2D eigenvalue weighted by atomic mass is 14.8. The van der Waals surface area contributed by atoms with Gasteiger partial charge in [-0.1, -0.05) is 18.7 Å². The minimum atomic E-state index is 0.446. The lowest BCUT2D eigenvalue weighted by Crippen LogP contribution is -1.96. The summed E-state index contributed by atoms with van der Waals surface area (Å²) in [5.41, 5.74) is 15.4. The van der Waals surface area contributed by atoms with Gasteiger partial charge in [-0.25, -0.2) is 4.98 Å². The fourth-order valence-corrected chi connectivity index (χ4v) is 1.63. The Labute approximate surface area is 105 Å². The molecule has 0 fully saturated rings. The molecule has 0 bridgehead atoms. The predicted octanol–water partition coefficient (Wildman–Crippen LogP) is 2.58. The smallest absolute Gasteiger partial charge is 0.131 e. The van der Waals surface area contributed by atoms with Gasteiger partial charge in [0.1, 0.15) is 5.82 Å². The summed E-state index contributed by atoms with van der Waals surface area (Å²) >= 11 is 0. The second kappa shape index (κ2) is 4.71. The van der Waals surface area contributed by atoms with E-state index in [2.05, 4.69) is 11.6 Å². The van der Waals surface area contributed by atoms with Gasteiger partial charge >= 0.3 is 0 Å².